The van der Waals surface area contributed by atoms with Crippen LogP contribution < -0.4 is 0 Å². The molecule has 0 spiro atoms. The molecule has 0 aromatic carbocycles. The smallest absolute Gasteiger partial charge is 0.0254 e. The Balaban J connectivity index is 3.41. The fourth-order valence-corrected chi connectivity index (χ4v) is 1.52. The van der Waals surface area contributed by atoms with Crippen molar-refractivity contribution < 1.29 is 0 Å². The second-order valence-electron chi connectivity index (χ2n) is 2.64. The van der Waals surface area contributed by atoms with E-state index < -0.39 is 0 Å². The van der Waals surface area contributed by atoms with Crippen LogP contribution in [0, 0.1) is 11.8 Å². The molecule has 2 heteroatoms. The number of alkyl halides is 2. The van der Waals surface area contributed by atoms with Crippen LogP contribution in [0.3, 0.4) is 0 Å². The first-order chi connectivity index (χ1) is 4.22. The van der Waals surface area contributed by atoms with Crippen LogP contribution in [-0.4, -0.2) is 11.8 Å². The molecule has 56 valence electrons. The fourth-order valence-electron chi connectivity index (χ4n) is 0.729. The molecule has 0 fully saturated rings. The van der Waals surface area contributed by atoms with E-state index in [1.165, 1.54) is 0 Å². The molecule has 0 aliphatic heterocycles. The predicted molar refractivity (Wildman–Crippen MR) is 44.4 cm³/mol. The van der Waals surface area contributed by atoms with Crippen LogP contribution in [0.2, 0.25) is 0 Å². The summed E-state index contributed by atoms with van der Waals surface area (Å²) in [7, 11) is 0. The van der Waals surface area contributed by atoms with Gasteiger partial charge in [0.15, 0.2) is 0 Å². The Morgan fingerprint density at radius 2 is 1.78 bits per heavy atom. The van der Waals surface area contributed by atoms with E-state index in [1.54, 1.807) is 0 Å². The first-order valence-corrected chi connectivity index (χ1v) is 4.41. The summed E-state index contributed by atoms with van der Waals surface area (Å²) in [5.74, 6) is 2.74. The summed E-state index contributed by atoms with van der Waals surface area (Å²) >= 11 is 11.2. The molecular formula is C7H14Cl2. The Hall–Kier alpha value is 0.580. The molecule has 0 saturated heterocycles. The third kappa shape index (κ3) is 4.05. The maximum absolute atomic E-state index is 5.68. The van der Waals surface area contributed by atoms with Crippen molar-refractivity contribution >= 4 is 23.2 Å². The Morgan fingerprint density at radius 3 is 1.89 bits per heavy atom. The summed E-state index contributed by atoms with van der Waals surface area (Å²) in [6, 6.07) is 0. The van der Waals surface area contributed by atoms with E-state index in [0.717, 1.165) is 18.2 Å². The van der Waals surface area contributed by atoms with Gasteiger partial charge in [-0.1, -0.05) is 13.8 Å². The van der Waals surface area contributed by atoms with Crippen LogP contribution in [0.25, 0.3) is 0 Å². The highest BCUT2D eigenvalue weighted by molar-refractivity contribution is 6.18. The SMILES string of the molecule is CC(C)C(CCl)CCCl. The average Bonchev–Trinajstić information content (AvgIpc) is 1.82. The lowest BCUT2D eigenvalue weighted by Crippen LogP contribution is -2.10. The lowest BCUT2D eigenvalue weighted by molar-refractivity contribution is 0.414. The highest BCUT2D eigenvalue weighted by Gasteiger charge is 2.09. The molecular weight excluding hydrogens is 155 g/mol. The molecule has 0 radical (unpaired) electrons. The van der Waals surface area contributed by atoms with E-state index in [9.17, 15) is 0 Å². The minimum absolute atomic E-state index is 0.601. The Morgan fingerprint density at radius 1 is 1.22 bits per heavy atom. The van der Waals surface area contributed by atoms with Gasteiger partial charge in [0.1, 0.15) is 0 Å². The van der Waals surface area contributed by atoms with E-state index in [0.29, 0.717) is 11.8 Å². The minimum Gasteiger partial charge on any atom is -0.127 e. The largest absolute Gasteiger partial charge is 0.127 e. The fraction of sp³-hybridized carbons (Fsp3) is 1.00. The van der Waals surface area contributed by atoms with Gasteiger partial charge in [-0.2, -0.15) is 0 Å². The number of hydrogen-bond acceptors (Lipinski definition) is 0. The predicted octanol–water partition coefficient (Wildman–Crippen LogP) is 3.13. The van der Waals surface area contributed by atoms with Gasteiger partial charge >= 0.3 is 0 Å². The number of halogens is 2. The van der Waals surface area contributed by atoms with Crippen molar-refractivity contribution in [1.29, 1.82) is 0 Å². The summed E-state index contributed by atoms with van der Waals surface area (Å²) in [5, 5.41) is 0. The van der Waals surface area contributed by atoms with Gasteiger partial charge in [0.2, 0.25) is 0 Å². The molecule has 1 unspecified atom stereocenters. The van der Waals surface area contributed by atoms with Gasteiger partial charge in [-0.25, -0.2) is 0 Å². The molecule has 0 aliphatic carbocycles. The number of rotatable bonds is 4. The summed E-state index contributed by atoms with van der Waals surface area (Å²) in [5.41, 5.74) is 0. The van der Waals surface area contributed by atoms with Gasteiger partial charge in [0.25, 0.3) is 0 Å². The highest BCUT2D eigenvalue weighted by atomic mass is 35.5. The van der Waals surface area contributed by atoms with E-state index >= 15 is 0 Å². The van der Waals surface area contributed by atoms with Crippen molar-refractivity contribution in [2.45, 2.75) is 20.3 Å². The monoisotopic (exact) mass is 168 g/mol. The lowest BCUT2D eigenvalue weighted by Gasteiger charge is -2.15. The van der Waals surface area contributed by atoms with Crippen molar-refractivity contribution in [3.8, 4) is 0 Å². The average molecular weight is 169 g/mol. The molecule has 0 amide bonds. The molecule has 0 rings (SSSR count). The van der Waals surface area contributed by atoms with Crippen molar-refractivity contribution in [3.05, 3.63) is 0 Å². The molecule has 0 saturated carbocycles. The lowest BCUT2D eigenvalue weighted by atomic mass is 9.95. The van der Waals surface area contributed by atoms with Gasteiger partial charge in [-0.05, 0) is 18.3 Å². The third-order valence-electron chi connectivity index (χ3n) is 1.62. The van der Waals surface area contributed by atoms with Crippen LogP contribution in [-0.2, 0) is 0 Å². The van der Waals surface area contributed by atoms with E-state index in [4.69, 9.17) is 23.2 Å². The standard InChI is InChI=1S/C7H14Cl2/c1-6(2)7(5-9)3-4-8/h6-7H,3-5H2,1-2H3. The first kappa shape index (κ1) is 9.58. The zero-order valence-corrected chi connectivity index (χ0v) is 7.54. The molecule has 9 heavy (non-hydrogen) atoms. The van der Waals surface area contributed by atoms with Gasteiger partial charge in [-0.15, -0.1) is 23.2 Å². The molecule has 0 aromatic heterocycles. The van der Waals surface area contributed by atoms with Crippen molar-refractivity contribution in [2.75, 3.05) is 11.8 Å². The summed E-state index contributed by atoms with van der Waals surface area (Å²) in [6.45, 7) is 4.36. The molecule has 0 aliphatic rings. The topological polar surface area (TPSA) is 0 Å². The minimum atomic E-state index is 0.601. The molecule has 0 aromatic rings. The Labute approximate surface area is 67.5 Å². The summed E-state index contributed by atoms with van der Waals surface area (Å²) in [6.07, 6.45) is 1.04. The van der Waals surface area contributed by atoms with E-state index in [2.05, 4.69) is 13.8 Å². The van der Waals surface area contributed by atoms with Gasteiger partial charge in [0.05, 0.1) is 0 Å². The molecule has 0 heterocycles. The quantitative estimate of drug-likeness (QED) is 0.567. The third-order valence-corrected chi connectivity index (χ3v) is 2.24. The Kier molecular flexibility index (Phi) is 5.72. The van der Waals surface area contributed by atoms with E-state index in [-0.39, 0.29) is 0 Å². The van der Waals surface area contributed by atoms with Crippen LogP contribution in [0.1, 0.15) is 20.3 Å². The van der Waals surface area contributed by atoms with Gasteiger partial charge in [0, 0.05) is 11.8 Å². The van der Waals surface area contributed by atoms with E-state index in [1.807, 2.05) is 0 Å². The van der Waals surface area contributed by atoms with Crippen LogP contribution >= 0.6 is 23.2 Å². The van der Waals surface area contributed by atoms with Crippen molar-refractivity contribution in [1.82, 2.24) is 0 Å². The second kappa shape index (κ2) is 5.37. The maximum atomic E-state index is 5.68. The van der Waals surface area contributed by atoms with Gasteiger partial charge in [-0.3, -0.25) is 0 Å². The zero-order valence-electron chi connectivity index (χ0n) is 6.03. The summed E-state index contributed by atoms with van der Waals surface area (Å²) < 4.78 is 0. The zero-order chi connectivity index (χ0) is 7.28. The maximum Gasteiger partial charge on any atom is 0.0254 e. The molecule has 0 nitrogen and oxygen atoms in total. The normalized spacial score (nSPS) is 14.3. The molecule has 0 bridgehead atoms. The van der Waals surface area contributed by atoms with Gasteiger partial charge < -0.3 is 0 Å². The van der Waals surface area contributed by atoms with Crippen LogP contribution in [0.15, 0.2) is 0 Å². The molecule has 1 atom stereocenters. The number of hydrogen-bond donors (Lipinski definition) is 0. The first-order valence-electron chi connectivity index (χ1n) is 3.34. The Bertz CT molecular complexity index is 61.9. The second-order valence-corrected chi connectivity index (χ2v) is 3.32. The van der Waals surface area contributed by atoms with Crippen LogP contribution in [0.4, 0.5) is 0 Å². The van der Waals surface area contributed by atoms with Crippen LogP contribution in [0.5, 0.6) is 0 Å². The highest BCUT2D eigenvalue weighted by Crippen LogP contribution is 2.16. The van der Waals surface area contributed by atoms with Crippen molar-refractivity contribution in [3.63, 3.8) is 0 Å². The molecule has 0 N–H and O–H groups in total. The van der Waals surface area contributed by atoms with Crippen molar-refractivity contribution in [2.24, 2.45) is 11.8 Å². The summed E-state index contributed by atoms with van der Waals surface area (Å²) in [4.78, 5) is 0.